The molecule has 4 nitrogen and oxygen atoms in total. The Labute approximate surface area is 183 Å². The second-order valence-electron chi connectivity index (χ2n) is 8.23. The highest BCUT2D eigenvalue weighted by atomic mass is 16.7. The monoisotopic (exact) mass is 415 g/mol. The van der Waals surface area contributed by atoms with Crippen molar-refractivity contribution in [2.45, 2.75) is 96.7 Å². The Morgan fingerprint density at radius 1 is 1.07 bits per heavy atom. The first-order chi connectivity index (χ1) is 14.8. The molecule has 30 heavy (non-hydrogen) atoms. The average molecular weight is 416 g/mol. The largest absolute Gasteiger partial charge is 0.432 e. The van der Waals surface area contributed by atoms with Crippen molar-refractivity contribution in [2.75, 3.05) is 18.5 Å². The molecule has 0 aromatic heterocycles. The van der Waals surface area contributed by atoms with Crippen LogP contribution in [0.25, 0.3) is 0 Å². The zero-order valence-corrected chi connectivity index (χ0v) is 18.9. The van der Waals surface area contributed by atoms with Gasteiger partial charge >= 0.3 is 5.97 Å². The Bertz CT molecular complexity index is 608. The van der Waals surface area contributed by atoms with Crippen LogP contribution in [-0.2, 0) is 9.47 Å². The molecule has 1 N–H and O–H groups in total. The number of rotatable bonds is 15. The van der Waals surface area contributed by atoms with E-state index in [0.29, 0.717) is 12.2 Å². The van der Waals surface area contributed by atoms with Crippen molar-refractivity contribution >= 4 is 11.7 Å². The van der Waals surface area contributed by atoms with Crippen molar-refractivity contribution in [1.29, 1.82) is 0 Å². The summed E-state index contributed by atoms with van der Waals surface area (Å²) >= 11 is 0. The minimum Gasteiger partial charge on any atom is -0.432 e. The summed E-state index contributed by atoms with van der Waals surface area (Å²) in [7, 11) is 0. The van der Waals surface area contributed by atoms with Crippen molar-refractivity contribution in [1.82, 2.24) is 0 Å². The lowest BCUT2D eigenvalue weighted by molar-refractivity contribution is -0.130. The Morgan fingerprint density at radius 3 is 2.60 bits per heavy atom. The van der Waals surface area contributed by atoms with E-state index in [1.54, 1.807) is 6.07 Å². The third kappa shape index (κ3) is 10.8. The number of carbonyl (C=O) groups excluding carboxylic acids is 1. The molecule has 168 valence electrons. The summed E-state index contributed by atoms with van der Waals surface area (Å²) in [6.07, 6.45) is 20.1. The van der Waals surface area contributed by atoms with Crippen molar-refractivity contribution in [3.63, 3.8) is 0 Å². The number of benzene rings is 1. The normalized spacial score (nSPS) is 16.6. The highest BCUT2D eigenvalue weighted by Gasteiger charge is 2.19. The van der Waals surface area contributed by atoms with Gasteiger partial charge in [0.1, 0.15) is 0 Å². The molecule has 1 fully saturated rings. The molecule has 4 heteroatoms. The number of hydrogen-bond donors (Lipinski definition) is 1. The van der Waals surface area contributed by atoms with Gasteiger partial charge in [0, 0.05) is 18.7 Å². The second-order valence-corrected chi connectivity index (χ2v) is 8.23. The first-order valence-electron chi connectivity index (χ1n) is 12.1. The number of allylic oxidation sites excluding steroid dienone is 2. The van der Waals surface area contributed by atoms with Crippen LogP contribution < -0.4 is 5.32 Å². The van der Waals surface area contributed by atoms with Gasteiger partial charge < -0.3 is 14.8 Å². The van der Waals surface area contributed by atoms with Gasteiger partial charge in [-0.3, -0.25) is 0 Å². The summed E-state index contributed by atoms with van der Waals surface area (Å²) in [6.45, 7) is 3.83. The van der Waals surface area contributed by atoms with E-state index < -0.39 is 6.29 Å². The van der Waals surface area contributed by atoms with Crippen LogP contribution in [0, 0.1) is 0 Å². The van der Waals surface area contributed by atoms with Crippen molar-refractivity contribution < 1.29 is 14.3 Å². The van der Waals surface area contributed by atoms with E-state index in [-0.39, 0.29) is 5.97 Å². The van der Waals surface area contributed by atoms with E-state index in [1.807, 2.05) is 18.2 Å². The van der Waals surface area contributed by atoms with Gasteiger partial charge in [-0.25, -0.2) is 4.79 Å². The van der Waals surface area contributed by atoms with Crippen LogP contribution in [0.1, 0.15) is 101 Å². The number of esters is 1. The number of nitrogens with one attached hydrogen (secondary N) is 1. The van der Waals surface area contributed by atoms with Gasteiger partial charge in [0.15, 0.2) is 0 Å². The Morgan fingerprint density at radius 2 is 1.83 bits per heavy atom. The van der Waals surface area contributed by atoms with Gasteiger partial charge in [0.25, 0.3) is 0 Å². The van der Waals surface area contributed by atoms with Gasteiger partial charge in [-0.1, -0.05) is 63.7 Å². The molecule has 0 aliphatic carbocycles. The maximum absolute atomic E-state index is 12.3. The van der Waals surface area contributed by atoms with Gasteiger partial charge in [0.2, 0.25) is 6.29 Å². The molecular formula is C26H41NO3. The minimum absolute atomic E-state index is 0.307. The molecule has 1 aliphatic heterocycles. The van der Waals surface area contributed by atoms with E-state index in [4.69, 9.17) is 9.47 Å². The standard InChI is InChI=1S/C26H41NO3/c1-2-3-4-5-6-7-8-9-10-11-12-14-20-27-24-18-16-17-23(22-24)26(28)30-25-19-13-15-21-29-25/h10-11,16-18,22,25,27H,2-9,12-15,19-21H2,1H3. The summed E-state index contributed by atoms with van der Waals surface area (Å²) in [4.78, 5) is 12.3. The summed E-state index contributed by atoms with van der Waals surface area (Å²) in [6, 6.07) is 7.54. The van der Waals surface area contributed by atoms with Gasteiger partial charge in [-0.2, -0.15) is 0 Å². The van der Waals surface area contributed by atoms with E-state index >= 15 is 0 Å². The number of unbranched alkanes of at least 4 members (excludes halogenated alkanes) is 8. The van der Waals surface area contributed by atoms with Crippen molar-refractivity contribution in [3.8, 4) is 0 Å². The van der Waals surface area contributed by atoms with Gasteiger partial charge in [0.05, 0.1) is 12.2 Å². The van der Waals surface area contributed by atoms with E-state index in [1.165, 1.54) is 51.4 Å². The fourth-order valence-electron chi connectivity index (χ4n) is 3.66. The molecule has 1 aromatic carbocycles. The molecule has 0 saturated carbocycles. The topological polar surface area (TPSA) is 47.6 Å². The Hall–Kier alpha value is -1.81. The van der Waals surface area contributed by atoms with Crippen LogP contribution in [0.2, 0.25) is 0 Å². The molecule has 1 aromatic rings. The molecule has 1 atom stereocenters. The number of anilines is 1. The lowest BCUT2D eigenvalue weighted by Crippen LogP contribution is -2.25. The summed E-state index contributed by atoms with van der Waals surface area (Å²) in [5, 5.41) is 3.41. The highest BCUT2D eigenvalue weighted by Crippen LogP contribution is 2.17. The smallest absolute Gasteiger partial charge is 0.340 e. The van der Waals surface area contributed by atoms with E-state index in [9.17, 15) is 4.79 Å². The molecule has 1 unspecified atom stereocenters. The van der Waals surface area contributed by atoms with E-state index in [2.05, 4.69) is 24.4 Å². The predicted molar refractivity (Wildman–Crippen MR) is 125 cm³/mol. The molecule has 0 radical (unpaired) electrons. The van der Waals surface area contributed by atoms with Gasteiger partial charge in [-0.15, -0.1) is 0 Å². The Kier molecular flexibility index (Phi) is 13.0. The summed E-state index contributed by atoms with van der Waals surface area (Å²) < 4.78 is 10.9. The lowest BCUT2D eigenvalue weighted by Gasteiger charge is -2.22. The molecular weight excluding hydrogens is 374 g/mol. The quantitative estimate of drug-likeness (QED) is 0.186. The lowest BCUT2D eigenvalue weighted by atomic mass is 10.1. The zero-order chi connectivity index (χ0) is 21.3. The van der Waals surface area contributed by atoms with Crippen molar-refractivity contribution in [3.05, 3.63) is 42.0 Å². The number of hydrogen-bond acceptors (Lipinski definition) is 4. The Balaban J connectivity index is 1.53. The fraction of sp³-hybridized carbons (Fsp3) is 0.654. The predicted octanol–water partition coefficient (Wildman–Crippen LogP) is 7.26. The molecule has 0 amide bonds. The number of ether oxygens (including phenoxy) is 2. The van der Waals surface area contributed by atoms with Crippen molar-refractivity contribution in [2.24, 2.45) is 0 Å². The molecule has 2 rings (SSSR count). The van der Waals surface area contributed by atoms with Crippen LogP contribution >= 0.6 is 0 Å². The third-order valence-corrected chi connectivity index (χ3v) is 5.49. The molecule has 0 bridgehead atoms. The van der Waals surface area contributed by atoms with Gasteiger partial charge in [-0.05, 0) is 56.7 Å². The highest BCUT2D eigenvalue weighted by molar-refractivity contribution is 5.90. The number of carbonyl (C=O) groups is 1. The van der Waals surface area contributed by atoms with Crippen LogP contribution in [0.4, 0.5) is 5.69 Å². The molecule has 1 heterocycles. The fourth-order valence-corrected chi connectivity index (χ4v) is 3.66. The molecule has 1 aliphatic rings. The maximum Gasteiger partial charge on any atom is 0.340 e. The first-order valence-corrected chi connectivity index (χ1v) is 12.1. The van der Waals surface area contributed by atoms with Crippen LogP contribution in [0.3, 0.4) is 0 Å². The third-order valence-electron chi connectivity index (χ3n) is 5.49. The minimum atomic E-state index is -0.393. The summed E-state index contributed by atoms with van der Waals surface area (Å²) in [5.41, 5.74) is 1.53. The molecule has 0 spiro atoms. The molecule has 1 saturated heterocycles. The van der Waals surface area contributed by atoms with Crippen LogP contribution in [-0.4, -0.2) is 25.4 Å². The zero-order valence-electron chi connectivity index (χ0n) is 18.9. The average Bonchev–Trinajstić information content (AvgIpc) is 2.78. The maximum atomic E-state index is 12.3. The van der Waals surface area contributed by atoms with Crippen LogP contribution in [0.5, 0.6) is 0 Å². The second kappa shape index (κ2) is 16.0. The summed E-state index contributed by atoms with van der Waals surface area (Å²) in [5.74, 6) is -0.307. The van der Waals surface area contributed by atoms with E-state index in [0.717, 1.165) is 44.3 Å². The first kappa shape index (κ1) is 24.5. The SMILES string of the molecule is CCCCCCCCCC=CCCCNc1cccc(C(=O)OC2CCCCO2)c1. The van der Waals surface area contributed by atoms with Crippen LogP contribution in [0.15, 0.2) is 36.4 Å².